The summed E-state index contributed by atoms with van der Waals surface area (Å²) in [5.74, 6) is -0.322. The number of rotatable bonds is 15. The number of nitrogens with one attached hydrogen (secondary N) is 1. The SMILES string of the molecule is CC(=O)NC1C2OCC(COCCOCCOCCOCCSC(C)=O)(O2)C2OC(C)(C)OC12. The molecule has 0 saturated carbocycles. The third-order valence-corrected chi connectivity index (χ3v) is 6.28. The van der Waals surface area contributed by atoms with Gasteiger partial charge in [0.15, 0.2) is 17.2 Å². The highest BCUT2D eigenvalue weighted by Gasteiger charge is 2.66. The van der Waals surface area contributed by atoms with Gasteiger partial charge >= 0.3 is 0 Å². The molecule has 11 nitrogen and oxygen atoms in total. The number of fused-ring (bicyclic) bond motifs is 4. The molecule has 3 saturated heterocycles. The van der Waals surface area contributed by atoms with Crippen molar-refractivity contribution >= 4 is 22.8 Å². The fourth-order valence-electron chi connectivity index (χ4n) is 4.15. The molecule has 34 heavy (non-hydrogen) atoms. The predicted molar refractivity (Wildman–Crippen MR) is 121 cm³/mol. The molecule has 0 aromatic heterocycles. The average molecular weight is 508 g/mol. The van der Waals surface area contributed by atoms with Crippen LogP contribution in [0.15, 0.2) is 0 Å². The minimum absolute atomic E-state index is 0.0947. The van der Waals surface area contributed by atoms with E-state index in [-0.39, 0.29) is 17.6 Å². The molecule has 0 spiro atoms. The fourth-order valence-corrected chi connectivity index (χ4v) is 4.64. The molecule has 5 unspecified atom stereocenters. The number of ether oxygens (including phenoxy) is 8. The fraction of sp³-hybridized carbons (Fsp3) is 0.909. The number of carbonyl (C=O) groups excluding carboxylic acids is 2. The smallest absolute Gasteiger partial charge is 0.217 e. The van der Waals surface area contributed by atoms with Gasteiger partial charge in [-0.05, 0) is 13.8 Å². The molecule has 0 aromatic rings. The van der Waals surface area contributed by atoms with Crippen molar-refractivity contribution in [1.82, 2.24) is 5.32 Å². The topological polar surface area (TPSA) is 120 Å². The van der Waals surface area contributed by atoms with E-state index in [4.69, 9.17) is 37.9 Å². The molecule has 0 aliphatic carbocycles. The van der Waals surface area contributed by atoms with Gasteiger partial charge in [0.2, 0.25) is 5.91 Å². The van der Waals surface area contributed by atoms with Crippen LogP contribution in [0.2, 0.25) is 0 Å². The average Bonchev–Trinajstić information content (AvgIpc) is 3.31. The number of hydrogen-bond donors (Lipinski definition) is 1. The van der Waals surface area contributed by atoms with E-state index in [9.17, 15) is 9.59 Å². The van der Waals surface area contributed by atoms with E-state index in [0.717, 1.165) is 0 Å². The quantitative estimate of drug-likeness (QED) is 0.312. The van der Waals surface area contributed by atoms with Crippen molar-refractivity contribution < 1.29 is 47.5 Å². The highest BCUT2D eigenvalue weighted by molar-refractivity contribution is 8.13. The van der Waals surface area contributed by atoms with Gasteiger partial charge in [0, 0.05) is 19.6 Å². The van der Waals surface area contributed by atoms with Gasteiger partial charge in [-0.1, -0.05) is 11.8 Å². The maximum absolute atomic E-state index is 11.7. The Hall–Kier alpha value is -0.830. The molecule has 3 aliphatic rings. The summed E-state index contributed by atoms with van der Waals surface area (Å²) in [5, 5.41) is 2.96. The molecule has 3 fully saturated rings. The zero-order valence-corrected chi connectivity index (χ0v) is 21.2. The van der Waals surface area contributed by atoms with E-state index in [1.54, 1.807) is 6.92 Å². The molecule has 2 bridgehead atoms. The Morgan fingerprint density at radius 2 is 1.53 bits per heavy atom. The maximum Gasteiger partial charge on any atom is 0.217 e. The first-order chi connectivity index (χ1) is 16.2. The van der Waals surface area contributed by atoms with Gasteiger partial charge < -0.3 is 43.2 Å². The highest BCUT2D eigenvalue weighted by atomic mass is 32.2. The maximum atomic E-state index is 11.7. The molecule has 12 heteroatoms. The van der Waals surface area contributed by atoms with Crippen LogP contribution in [0.3, 0.4) is 0 Å². The van der Waals surface area contributed by atoms with E-state index in [1.165, 1.54) is 18.7 Å². The summed E-state index contributed by atoms with van der Waals surface area (Å²) in [6.45, 7) is 10.4. The van der Waals surface area contributed by atoms with Crippen LogP contribution in [0, 0.1) is 0 Å². The summed E-state index contributed by atoms with van der Waals surface area (Å²) in [6, 6.07) is -0.451. The number of carbonyl (C=O) groups is 2. The second kappa shape index (κ2) is 12.9. The van der Waals surface area contributed by atoms with Crippen molar-refractivity contribution in [1.29, 1.82) is 0 Å². The minimum atomic E-state index is -0.801. The van der Waals surface area contributed by atoms with Gasteiger partial charge in [-0.15, -0.1) is 0 Å². The molecule has 1 amide bonds. The number of thioether (sulfide) groups is 1. The van der Waals surface area contributed by atoms with Gasteiger partial charge in [0.1, 0.15) is 23.9 Å². The van der Waals surface area contributed by atoms with Crippen LogP contribution < -0.4 is 5.32 Å². The van der Waals surface area contributed by atoms with Crippen molar-refractivity contribution in [2.75, 3.05) is 65.2 Å². The Balaban J connectivity index is 1.28. The first kappa shape index (κ1) is 27.8. The van der Waals surface area contributed by atoms with Crippen LogP contribution in [0.1, 0.15) is 27.7 Å². The first-order valence-electron chi connectivity index (χ1n) is 11.6. The summed E-state index contributed by atoms with van der Waals surface area (Å²) in [7, 11) is 0. The van der Waals surface area contributed by atoms with Crippen LogP contribution in [-0.2, 0) is 47.5 Å². The van der Waals surface area contributed by atoms with Crippen LogP contribution in [-0.4, -0.2) is 112 Å². The van der Waals surface area contributed by atoms with Crippen molar-refractivity contribution in [3.63, 3.8) is 0 Å². The van der Waals surface area contributed by atoms with Crippen molar-refractivity contribution in [2.24, 2.45) is 0 Å². The summed E-state index contributed by atoms with van der Waals surface area (Å²) >= 11 is 1.25. The third-order valence-electron chi connectivity index (χ3n) is 5.50. The van der Waals surface area contributed by atoms with Crippen LogP contribution in [0.5, 0.6) is 0 Å². The van der Waals surface area contributed by atoms with Crippen LogP contribution in [0.4, 0.5) is 0 Å². The third kappa shape index (κ3) is 7.84. The second-order valence-electron chi connectivity index (χ2n) is 8.84. The summed E-state index contributed by atoms with van der Waals surface area (Å²) in [5.41, 5.74) is -0.801. The molecule has 3 heterocycles. The highest BCUT2D eigenvalue weighted by Crippen LogP contribution is 2.46. The lowest BCUT2D eigenvalue weighted by Crippen LogP contribution is -2.65. The first-order valence-corrected chi connectivity index (χ1v) is 12.6. The molecule has 0 aromatic carbocycles. The summed E-state index contributed by atoms with van der Waals surface area (Å²) in [4.78, 5) is 22.5. The van der Waals surface area contributed by atoms with E-state index in [1.807, 2.05) is 13.8 Å². The Morgan fingerprint density at radius 1 is 0.912 bits per heavy atom. The zero-order valence-electron chi connectivity index (χ0n) is 20.4. The van der Waals surface area contributed by atoms with Gasteiger partial charge in [-0.25, -0.2) is 0 Å². The number of hydrogen-bond acceptors (Lipinski definition) is 11. The molecule has 3 rings (SSSR count). The zero-order chi connectivity index (χ0) is 24.6. The van der Waals surface area contributed by atoms with E-state index in [0.29, 0.717) is 58.6 Å². The van der Waals surface area contributed by atoms with Crippen molar-refractivity contribution in [2.45, 2.75) is 63.6 Å². The molecule has 196 valence electrons. The van der Waals surface area contributed by atoms with E-state index < -0.39 is 35.9 Å². The van der Waals surface area contributed by atoms with Gasteiger partial charge in [-0.2, -0.15) is 0 Å². The molecular formula is C22H37NO10S. The molecule has 5 atom stereocenters. The van der Waals surface area contributed by atoms with Gasteiger partial charge in [0.25, 0.3) is 0 Å². The standard InChI is InChI=1S/C22H37NO10S/c1-15(24)23-17-18-19(32-21(3,4)31-18)22(14-30-20(17)33-22)13-29-10-9-27-6-5-26-7-8-28-11-12-34-16(2)25/h17-20H,5-14H2,1-4H3,(H,23,24). The second-order valence-corrected chi connectivity index (χ2v) is 10.1. The molecule has 3 aliphatic heterocycles. The minimum Gasteiger partial charge on any atom is -0.378 e. The Kier molecular flexibility index (Phi) is 10.6. The Bertz CT molecular complexity index is 680. The van der Waals surface area contributed by atoms with Gasteiger partial charge in [0.05, 0.1) is 59.5 Å². The predicted octanol–water partition coefficient (Wildman–Crippen LogP) is 0.483. The van der Waals surface area contributed by atoms with Gasteiger partial charge in [-0.3, -0.25) is 9.59 Å². The van der Waals surface area contributed by atoms with Crippen LogP contribution in [0.25, 0.3) is 0 Å². The van der Waals surface area contributed by atoms with E-state index >= 15 is 0 Å². The van der Waals surface area contributed by atoms with E-state index in [2.05, 4.69) is 5.32 Å². The normalized spacial score (nSPS) is 31.4. The van der Waals surface area contributed by atoms with Crippen molar-refractivity contribution in [3.05, 3.63) is 0 Å². The lowest BCUT2D eigenvalue weighted by atomic mass is 9.88. The largest absolute Gasteiger partial charge is 0.378 e. The lowest BCUT2D eigenvalue weighted by molar-refractivity contribution is -0.214. The number of amides is 1. The van der Waals surface area contributed by atoms with Crippen LogP contribution >= 0.6 is 11.8 Å². The Labute approximate surface area is 204 Å². The van der Waals surface area contributed by atoms with Crippen molar-refractivity contribution in [3.8, 4) is 0 Å². The lowest BCUT2D eigenvalue weighted by Gasteiger charge is -2.42. The summed E-state index contributed by atoms with van der Waals surface area (Å²) < 4.78 is 46.4. The Morgan fingerprint density at radius 3 is 2.15 bits per heavy atom. The summed E-state index contributed by atoms with van der Waals surface area (Å²) in [6.07, 6.45) is -1.44. The molecule has 0 radical (unpaired) electrons. The molecule has 1 N–H and O–H groups in total. The molecular weight excluding hydrogens is 470 g/mol. The monoisotopic (exact) mass is 507 g/mol.